The van der Waals surface area contributed by atoms with Gasteiger partial charge in [0.1, 0.15) is 5.82 Å². The lowest BCUT2D eigenvalue weighted by Crippen LogP contribution is -2.42. The Bertz CT molecular complexity index is 500. The number of anilines is 1. The van der Waals surface area contributed by atoms with Crippen molar-refractivity contribution in [2.75, 3.05) is 18.4 Å². The number of likely N-dealkylation sites (tertiary alicyclic amines) is 1. The Kier molecular flexibility index (Phi) is 5.01. The highest BCUT2D eigenvalue weighted by Gasteiger charge is 2.25. The summed E-state index contributed by atoms with van der Waals surface area (Å²) in [7, 11) is 0. The van der Waals surface area contributed by atoms with Crippen molar-refractivity contribution >= 4 is 11.7 Å². The predicted molar refractivity (Wildman–Crippen MR) is 85.7 cm³/mol. The monoisotopic (exact) mass is 306 g/mol. The molecule has 2 amide bonds. The fourth-order valence-electron chi connectivity index (χ4n) is 2.57. The van der Waals surface area contributed by atoms with Gasteiger partial charge in [-0.25, -0.2) is 14.8 Å². The van der Waals surface area contributed by atoms with E-state index in [2.05, 4.69) is 15.3 Å². The van der Waals surface area contributed by atoms with Crippen molar-refractivity contribution in [3.05, 3.63) is 18.2 Å². The minimum Gasteiger partial charge on any atom is -0.393 e. The average molecular weight is 306 g/mol. The summed E-state index contributed by atoms with van der Waals surface area (Å²) in [5.41, 5.74) is 0.501. The number of hydrogen-bond acceptors (Lipinski definition) is 4. The normalized spacial score (nSPS) is 18.1. The third-order valence-corrected chi connectivity index (χ3v) is 4.08. The van der Waals surface area contributed by atoms with E-state index in [9.17, 15) is 9.90 Å². The molecule has 1 atom stereocenters. The maximum atomic E-state index is 12.2. The molecule has 2 heterocycles. The molecule has 22 heavy (non-hydrogen) atoms. The molecule has 1 aromatic rings. The van der Waals surface area contributed by atoms with Gasteiger partial charge in [0, 0.05) is 18.5 Å². The number of aliphatic hydroxyl groups excluding tert-OH is 1. The second-order valence-electron chi connectivity index (χ2n) is 7.04. The topological polar surface area (TPSA) is 78.4 Å². The van der Waals surface area contributed by atoms with Crippen LogP contribution in [0.1, 0.15) is 46.4 Å². The lowest BCUT2D eigenvalue weighted by Gasteiger charge is -2.33. The van der Waals surface area contributed by atoms with Gasteiger partial charge in [0.2, 0.25) is 0 Å². The second-order valence-corrected chi connectivity index (χ2v) is 7.04. The zero-order chi connectivity index (χ0) is 16.3. The Morgan fingerprint density at radius 3 is 2.32 bits per heavy atom. The van der Waals surface area contributed by atoms with Crippen LogP contribution in [0.2, 0.25) is 0 Å². The second kappa shape index (κ2) is 6.60. The molecule has 0 spiro atoms. The molecule has 1 aromatic heterocycles. The molecule has 2 rings (SSSR count). The number of hydrogen-bond donors (Lipinski definition) is 2. The van der Waals surface area contributed by atoms with Crippen molar-refractivity contribution < 1.29 is 9.90 Å². The van der Waals surface area contributed by atoms with Crippen LogP contribution in [0.25, 0.3) is 0 Å². The summed E-state index contributed by atoms with van der Waals surface area (Å²) >= 11 is 0. The van der Waals surface area contributed by atoms with Crippen LogP contribution in [-0.4, -0.2) is 45.2 Å². The van der Waals surface area contributed by atoms with Crippen molar-refractivity contribution in [3.63, 3.8) is 0 Å². The largest absolute Gasteiger partial charge is 0.393 e. The standard InChI is InChI=1S/C16H26N4O2/c1-11(21)12-5-7-20(8-6-12)15(22)19-13-9-17-14(18-10-13)16(2,3)4/h9-12,21H,5-8H2,1-4H3,(H,19,22). The fraction of sp³-hybridized carbons (Fsp3) is 0.688. The highest BCUT2D eigenvalue weighted by molar-refractivity contribution is 5.89. The first-order chi connectivity index (χ1) is 10.3. The molecule has 1 aliphatic rings. The first-order valence-corrected chi connectivity index (χ1v) is 7.84. The Labute approximate surface area is 132 Å². The van der Waals surface area contributed by atoms with Crippen molar-refractivity contribution in [1.82, 2.24) is 14.9 Å². The van der Waals surface area contributed by atoms with Crippen LogP contribution in [0.3, 0.4) is 0 Å². The zero-order valence-electron chi connectivity index (χ0n) is 13.8. The van der Waals surface area contributed by atoms with E-state index in [0.717, 1.165) is 18.7 Å². The smallest absolute Gasteiger partial charge is 0.321 e. The molecule has 2 N–H and O–H groups in total. The average Bonchev–Trinajstić information content (AvgIpc) is 2.47. The van der Waals surface area contributed by atoms with Crippen molar-refractivity contribution in [2.45, 2.75) is 52.1 Å². The third-order valence-electron chi connectivity index (χ3n) is 4.08. The van der Waals surface area contributed by atoms with Crippen molar-refractivity contribution in [2.24, 2.45) is 5.92 Å². The minimum atomic E-state index is -0.302. The molecule has 0 bridgehead atoms. The van der Waals surface area contributed by atoms with E-state index in [4.69, 9.17) is 0 Å². The number of piperidine rings is 1. The summed E-state index contributed by atoms with van der Waals surface area (Å²) in [5, 5.41) is 12.4. The number of carbonyl (C=O) groups excluding carboxylic acids is 1. The molecule has 0 radical (unpaired) electrons. The van der Waals surface area contributed by atoms with Crippen LogP contribution in [-0.2, 0) is 5.41 Å². The molecule has 6 nitrogen and oxygen atoms in total. The molecule has 122 valence electrons. The van der Waals surface area contributed by atoms with Gasteiger partial charge in [0.05, 0.1) is 24.2 Å². The molecule has 1 fully saturated rings. The van der Waals surface area contributed by atoms with Crippen LogP contribution in [0.4, 0.5) is 10.5 Å². The number of carbonyl (C=O) groups is 1. The molecule has 1 saturated heterocycles. The van der Waals surface area contributed by atoms with Crippen LogP contribution < -0.4 is 5.32 Å². The van der Waals surface area contributed by atoms with Gasteiger partial charge in [-0.3, -0.25) is 0 Å². The number of aliphatic hydroxyl groups is 1. The van der Waals surface area contributed by atoms with E-state index in [1.807, 2.05) is 27.7 Å². The van der Waals surface area contributed by atoms with Crippen molar-refractivity contribution in [3.8, 4) is 0 Å². The number of urea groups is 1. The molecule has 1 unspecified atom stereocenters. The lowest BCUT2D eigenvalue weighted by molar-refractivity contribution is 0.0820. The van der Waals surface area contributed by atoms with Gasteiger partial charge >= 0.3 is 6.03 Å². The first kappa shape index (κ1) is 16.7. The van der Waals surface area contributed by atoms with E-state index in [1.165, 1.54) is 0 Å². The quantitative estimate of drug-likeness (QED) is 0.879. The van der Waals surface area contributed by atoms with Crippen molar-refractivity contribution in [1.29, 1.82) is 0 Å². The van der Waals surface area contributed by atoms with Crippen LogP contribution in [0.5, 0.6) is 0 Å². The number of amides is 2. The molecule has 0 aromatic carbocycles. The Hall–Kier alpha value is -1.69. The molecule has 6 heteroatoms. The maximum absolute atomic E-state index is 12.2. The molecular weight excluding hydrogens is 280 g/mol. The summed E-state index contributed by atoms with van der Waals surface area (Å²) in [4.78, 5) is 22.6. The number of rotatable bonds is 2. The molecule has 0 aliphatic carbocycles. The summed E-state index contributed by atoms with van der Waals surface area (Å²) in [6, 6.07) is -0.129. The molecular formula is C16H26N4O2. The van der Waals surface area contributed by atoms with Crippen LogP contribution in [0.15, 0.2) is 12.4 Å². The fourth-order valence-corrected chi connectivity index (χ4v) is 2.57. The van der Waals surface area contributed by atoms with E-state index in [-0.39, 0.29) is 17.6 Å². The van der Waals surface area contributed by atoms with E-state index < -0.39 is 0 Å². The summed E-state index contributed by atoms with van der Waals surface area (Å²) in [6.45, 7) is 9.30. The van der Waals surface area contributed by atoms with Gasteiger partial charge in [-0.05, 0) is 25.7 Å². The summed E-state index contributed by atoms with van der Waals surface area (Å²) in [6.07, 6.45) is 4.67. The summed E-state index contributed by atoms with van der Waals surface area (Å²) in [5.74, 6) is 1.04. The Morgan fingerprint density at radius 1 is 1.32 bits per heavy atom. The zero-order valence-corrected chi connectivity index (χ0v) is 13.8. The number of aromatic nitrogens is 2. The van der Waals surface area contributed by atoms with Gasteiger partial charge in [-0.2, -0.15) is 0 Å². The predicted octanol–water partition coefficient (Wildman–Crippen LogP) is 2.40. The van der Waals surface area contributed by atoms with Gasteiger partial charge in [-0.15, -0.1) is 0 Å². The van der Waals surface area contributed by atoms with Crippen LogP contribution in [0, 0.1) is 5.92 Å². The van der Waals surface area contributed by atoms with Gasteiger partial charge in [0.25, 0.3) is 0 Å². The van der Waals surface area contributed by atoms with E-state index >= 15 is 0 Å². The minimum absolute atomic E-state index is 0.106. The van der Waals surface area contributed by atoms with E-state index in [0.29, 0.717) is 24.7 Å². The van der Waals surface area contributed by atoms with Gasteiger partial charge in [0.15, 0.2) is 0 Å². The van der Waals surface area contributed by atoms with Gasteiger partial charge in [-0.1, -0.05) is 20.8 Å². The molecule has 0 saturated carbocycles. The highest BCUT2D eigenvalue weighted by atomic mass is 16.3. The van der Waals surface area contributed by atoms with Gasteiger partial charge < -0.3 is 15.3 Å². The first-order valence-electron chi connectivity index (χ1n) is 7.84. The number of nitrogens with zero attached hydrogens (tertiary/aromatic N) is 3. The summed E-state index contributed by atoms with van der Waals surface area (Å²) < 4.78 is 0. The Morgan fingerprint density at radius 2 is 1.86 bits per heavy atom. The SMILES string of the molecule is CC(O)C1CCN(C(=O)Nc2cnc(C(C)(C)C)nc2)CC1. The lowest BCUT2D eigenvalue weighted by atomic mass is 9.92. The third kappa shape index (κ3) is 4.16. The van der Waals surface area contributed by atoms with E-state index in [1.54, 1.807) is 17.3 Å². The Balaban J connectivity index is 1.90. The van der Waals surface area contributed by atoms with Crippen LogP contribution >= 0.6 is 0 Å². The number of nitrogens with one attached hydrogen (secondary N) is 1. The highest BCUT2D eigenvalue weighted by Crippen LogP contribution is 2.21. The maximum Gasteiger partial charge on any atom is 0.321 e. The molecule has 1 aliphatic heterocycles.